The first-order valence-electron chi connectivity index (χ1n) is 6.34. The standard InChI is InChI=1S/C13H21BrN4/c1-17-4-3-10(8-17)9-18(2)13-11(6-15)5-12(14)7-16-13/h5,7,10H,3-4,6,8-9,15H2,1-2H3. The SMILES string of the molecule is CN1CCC(CN(C)c2ncc(Br)cc2CN)C1. The molecule has 0 saturated carbocycles. The molecule has 1 aliphatic rings. The molecule has 1 unspecified atom stereocenters. The maximum absolute atomic E-state index is 5.79. The highest BCUT2D eigenvalue weighted by molar-refractivity contribution is 9.10. The summed E-state index contributed by atoms with van der Waals surface area (Å²) in [7, 11) is 4.29. The number of nitrogens with zero attached hydrogens (tertiary/aromatic N) is 3. The van der Waals surface area contributed by atoms with E-state index in [2.05, 4.69) is 50.9 Å². The number of nitrogens with two attached hydrogens (primary N) is 1. The van der Waals surface area contributed by atoms with Gasteiger partial charge in [-0.15, -0.1) is 0 Å². The lowest BCUT2D eigenvalue weighted by molar-refractivity contribution is 0.395. The lowest BCUT2D eigenvalue weighted by Gasteiger charge is -2.24. The topological polar surface area (TPSA) is 45.4 Å². The van der Waals surface area contributed by atoms with Crippen molar-refractivity contribution in [1.82, 2.24) is 9.88 Å². The summed E-state index contributed by atoms with van der Waals surface area (Å²) in [5, 5.41) is 0. The average Bonchev–Trinajstić information content (AvgIpc) is 2.74. The van der Waals surface area contributed by atoms with Gasteiger partial charge in [0.25, 0.3) is 0 Å². The highest BCUT2D eigenvalue weighted by Gasteiger charge is 2.21. The third-order valence-corrected chi connectivity index (χ3v) is 3.95. The fourth-order valence-electron chi connectivity index (χ4n) is 2.62. The van der Waals surface area contributed by atoms with Crippen LogP contribution in [0.5, 0.6) is 0 Å². The maximum atomic E-state index is 5.79. The van der Waals surface area contributed by atoms with Crippen LogP contribution < -0.4 is 10.6 Å². The van der Waals surface area contributed by atoms with Crippen LogP contribution >= 0.6 is 15.9 Å². The Morgan fingerprint density at radius 3 is 3.00 bits per heavy atom. The molecule has 1 aromatic heterocycles. The molecule has 5 heteroatoms. The molecule has 0 spiro atoms. The molecule has 1 atom stereocenters. The van der Waals surface area contributed by atoms with E-state index in [9.17, 15) is 0 Å². The number of hydrogen-bond acceptors (Lipinski definition) is 4. The minimum absolute atomic E-state index is 0.524. The number of hydrogen-bond donors (Lipinski definition) is 1. The van der Waals surface area contributed by atoms with Crippen LogP contribution in [0.15, 0.2) is 16.7 Å². The summed E-state index contributed by atoms with van der Waals surface area (Å²) in [6.07, 6.45) is 3.11. The van der Waals surface area contributed by atoms with Gasteiger partial charge in [-0.1, -0.05) is 0 Å². The van der Waals surface area contributed by atoms with Crippen LogP contribution in [-0.2, 0) is 6.54 Å². The number of rotatable bonds is 4. The van der Waals surface area contributed by atoms with Crippen molar-refractivity contribution in [2.24, 2.45) is 11.7 Å². The van der Waals surface area contributed by atoms with Crippen molar-refractivity contribution in [1.29, 1.82) is 0 Å². The van der Waals surface area contributed by atoms with Crippen molar-refractivity contribution in [3.05, 3.63) is 22.3 Å². The summed E-state index contributed by atoms with van der Waals surface area (Å²) in [6.45, 7) is 3.96. The Morgan fingerprint density at radius 1 is 1.61 bits per heavy atom. The van der Waals surface area contributed by atoms with E-state index >= 15 is 0 Å². The van der Waals surface area contributed by atoms with E-state index in [0.29, 0.717) is 6.54 Å². The number of pyridine rings is 1. The fourth-order valence-corrected chi connectivity index (χ4v) is 3.00. The van der Waals surface area contributed by atoms with Crippen LogP contribution in [0, 0.1) is 5.92 Å². The van der Waals surface area contributed by atoms with E-state index in [0.717, 1.165) is 28.3 Å². The molecule has 0 amide bonds. The Bertz CT molecular complexity index is 410. The summed E-state index contributed by atoms with van der Waals surface area (Å²) < 4.78 is 0.987. The lowest BCUT2D eigenvalue weighted by Crippen LogP contribution is -2.29. The van der Waals surface area contributed by atoms with Crippen LogP contribution in [0.25, 0.3) is 0 Å². The van der Waals surface area contributed by atoms with Gasteiger partial charge in [-0.2, -0.15) is 0 Å². The van der Waals surface area contributed by atoms with E-state index in [1.54, 1.807) is 0 Å². The first kappa shape index (κ1) is 13.8. The van der Waals surface area contributed by atoms with E-state index in [4.69, 9.17) is 5.73 Å². The molecule has 0 aliphatic carbocycles. The quantitative estimate of drug-likeness (QED) is 0.919. The van der Waals surface area contributed by atoms with E-state index in [-0.39, 0.29) is 0 Å². The summed E-state index contributed by atoms with van der Waals surface area (Å²) in [6, 6.07) is 2.06. The molecule has 0 bridgehead atoms. The second kappa shape index (κ2) is 5.99. The van der Waals surface area contributed by atoms with Gasteiger partial charge in [0, 0.05) is 42.9 Å². The van der Waals surface area contributed by atoms with Gasteiger partial charge >= 0.3 is 0 Å². The normalized spacial score (nSPS) is 20.3. The zero-order chi connectivity index (χ0) is 13.1. The Balaban J connectivity index is 2.06. The Hall–Kier alpha value is -0.650. The number of anilines is 1. The molecule has 1 aliphatic heterocycles. The molecule has 2 heterocycles. The zero-order valence-electron chi connectivity index (χ0n) is 11.1. The first-order chi connectivity index (χ1) is 8.60. The lowest BCUT2D eigenvalue weighted by atomic mass is 10.1. The van der Waals surface area contributed by atoms with E-state index < -0.39 is 0 Å². The monoisotopic (exact) mass is 312 g/mol. The highest BCUT2D eigenvalue weighted by Crippen LogP contribution is 2.23. The third-order valence-electron chi connectivity index (χ3n) is 3.51. The molecule has 18 heavy (non-hydrogen) atoms. The molecule has 1 aromatic rings. The highest BCUT2D eigenvalue weighted by atomic mass is 79.9. The zero-order valence-corrected chi connectivity index (χ0v) is 12.7. The second-order valence-electron chi connectivity index (χ2n) is 5.14. The molecular formula is C13H21BrN4. The van der Waals surface area contributed by atoms with Crippen molar-refractivity contribution < 1.29 is 0 Å². The van der Waals surface area contributed by atoms with Gasteiger partial charge in [0.2, 0.25) is 0 Å². The second-order valence-corrected chi connectivity index (χ2v) is 6.05. The van der Waals surface area contributed by atoms with Crippen molar-refractivity contribution in [3.8, 4) is 0 Å². The predicted octanol–water partition coefficient (Wildman–Crippen LogP) is 1.69. The number of likely N-dealkylation sites (tertiary alicyclic amines) is 1. The van der Waals surface area contributed by atoms with Crippen LogP contribution in [-0.4, -0.2) is 43.6 Å². The molecule has 4 nitrogen and oxygen atoms in total. The van der Waals surface area contributed by atoms with Gasteiger partial charge in [0.1, 0.15) is 5.82 Å². The predicted molar refractivity (Wildman–Crippen MR) is 78.7 cm³/mol. The number of halogens is 1. The smallest absolute Gasteiger partial charge is 0.132 e. The van der Waals surface area contributed by atoms with Gasteiger partial charge in [-0.3, -0.25) is 0 Å². The molecule has 0 aromatic carbocycles. The van der Waals surface area contributed by atoms with Crippen LogP contribution in [0.2, 0.25) is 0 Å². The Labute approximate surface area is 117 Å². The molecule has 100 valence electrons. The maximum Gasteiger partial charge on any atom is 0.132 e. The molecule has 2 rings (SSSR count). The summed E-state index contributed by atoms with van der Waals surface area (Å²) in [5.74, 6) is 1.74. The van der Waals surface area contributed by atoms with Crippen molar-refractivity contribution in [3.63, 3.8) is 0 Å². The summed E-state index contributed by atoms with van der Waals surface area (Å²) in [5.41, 5.74) is 6.89. The van der Waals surface area contributed by atoms with Crippen LogP contribution in [0.4, 0.5) is 5.82 Å². The van der Waals surface area contributed by atoms with Gasteiger partial charge < -0.3 is 15.5 Å². The molecular weight excluding hydrogens is 292 g/mol. The molecule has 1 saturated heterocycles. The molecule has 2 N–H and O–H groups in total. The number of aromatic nitrogens is 1. The Kier molecular flexibility index (Phi) is 4.59. The Morgan fingerprint density at radius 2 is 2.39 bits per heavy atom. The minimum Gasteiger partial charge on any atom is -0.359 e. The van der Waals surface area contributed by atoms with Crippen molar-refractivity contribution in [2.45, 2.75) is 13.0 Å². The van der Waals surface area contributed by atoms with Gasteiger partial charge in [-0.05, 0) is 47.9 Å². The van der Waals surface area contributed by atoms with Gasteiger partial charge in [-0.25, -0.2) is 4.98 Å². The average molecular weight is 313 g/mol. The summed E-state index contributed by atoms with van der Waals surface area (Å²) in [4.78, 5) is 9.12. The van der Waals surface area contributed by atoms with E-state index in [1.807, 2.05) is 6.20 Å². The molecule has 1 fully saturated rings. The van der Waals surface area contributed by atoms with Gasteiger partial charge in [0.15, 0.2) is 0 Å². The molecule has 0 radical (unpaired) electrons. The van der Waals surface area contributed by atoms with E-state index in [1.165, 1.54) is 19.5 Å². The largest absolute Gasteiger partial charge is 0.359 e. The third kappa shape index (κ3) is 3.22. The van der Waals surface area contributed by atoms with Gasteiger partial charge in [0.05, 0.1) is 0 Å². The van der Waals surface area contributed by atoms with Crippen LogP contribution in [0.3, 0.4) is 0 Å². The van der Waals surface area contributed by atoms with Crippen LogP contribution in [0.1, 0.15) is 12.0 Å². The fraction of sp³-hybridized carbons (Fsp3) is 0.615. The minimum atomic E-state index is 0.524. The first-order valence-corrected chi connectivity index (χ1v) is 7.13. The summed E-state index contributed by atoms with van der Waals surface area (Å²) >= 11 is 3.44. The van der Waals surface area contributed by atoms with Crippen molar-refractivity contribution >= 4 is 21.7 Å². The van der Waals surface area contributed by atoms with Crippen molar-refractivity contribution in [2.75, 3.05) is 38.6 Å².